The maximum Gasteiger partial charge on any atom is 0.252 e. The molecule has 0 bridgehead atoms. The summed E-state index contributed by atoms with van der Waals surface area (Å²) in [6.07, 6.45) is 0. The van der Waals surface area contributed by atoms with Gasteiger partial charge in [0, 0.05) is 34.0 Å². The van der Waals surface area contributed by atoms with E-state index in [1.165, 1.54) is 83.6 Å². The molecule has 0 saturated heterocycles. The minimum Gasteiger partial charge on any atom is -0.311 e. The Morgan fingerprint density at radius 1 is 0.263 bits per heavy atom. The molecule has 0 N–H and O–H groups in total. The van der Waals surface area contributed by atoms with Crippen molar-refractivity contribution in [2.75, 3.05) is 9.80 Å². The van der Waals surface area contributed by atoms with Gasteiger partial charge in [-0.15, -0.1) is 0 Å². The van der Waals surface area contributed by atoms with Crippen LogP contribution in [0.4, 0.5) is 34.1 Å². The molecule has 0 aliphatic carbocycles. The van der Waals surface area contributed by atoms with Crippen molar-refractivity contribution in [2.24, 2.45) is 0 Å². The number of rotatable bonds is 6. The lowest BCUT2D eigenvalue weighted by Crippen LogP contribution is -2.61. The van der Waals surface area contributed by atoms with Gasteiger partial charge in [-0.1, -0.05) is 182 Å². The number of anilines is 6. The highest BCUT2D eigenvalue weighted by Crippen LogP contribution is 2.48. The molecule has 2 heterocycles. The van der Waals surface area contributed by atoms with Gasteiger partial charge in [-0.05, 0) is 97.8 Å². The monoisotopic (exact) mass is 724 g/mol. The predicted molar refractivity (Wildman–Crippen MR) is 242 cm³/mol. The highest BCUT2D eigenvalue weighted by atomic mass is 15.2. The molecule has 2 aliphatic heterocycles. The molecule has 0 fully saturated rings. The first-order chi connectivity index (χ1) is 28.3. The fourth-order valence-electron chi connectivity index (χ4n) is 9.18. The van der Waals surface area contributed by atoms with Crippen LogP contribution in [-0.4, -0.2) is 6.71 Å². The van der Waals surface area contributed by atoms with Crippen molar-refractivity contribution in [1.29, 1.82) is 0 Å². The lowest BCUT2D eigenvalue weighted by atomic mass is 9.32. The summed E-state index contributed by atoms with van der Waals surface area (Å²) in [4.78, 5) is 5.04. The molecule has 0 atom stereocenters. The van der Waals surface area contributed by atoms with Crippen LogP contribution in [0.5, 0.6) is 0 Å². The van der Waals surface area contributed by atoms with Gasteiger partial charge in [-0.25, -0.2) is 0 Å². The number of para-hydroxylation sites is 1. The molecule has 0 spiro atoms. The van der Waals surface area contributed by atoms with E-state index in [1.807, 2.05) is 0 Å². The first-order valence-electron chi connectivity index (χ1n) is 19.7. The second-order valence-corrected chi connectivity index (χ2v) is 14.9. The lowest BCUT2D eigenvalue weighted by molar-refractivity contribution is 1.25. The van der Waals surface area contributed by atoms with Crippen LogP contribution in [0.15, 0.2) is 224 Å². The Kier molecular flexibility index (Phi) is 7.96. The molecule has 57 heavy (non-hydrogen) atoms. The van der Waals surface area contributed by atoms with Crippen molar-refractivity contribution in [3.8, 4) is 44.5 Å². The fourth-order valence-corrected chi connectivity index (χ4v) is 9.18. The van der Waals surface area contributed by atoms with Crippen molar-refractivity contribution >= 4 is 57.2 Å². The first-order valence-corrected chi connectivity index (χ1v) is 19.7. The number of nitrogens with zero attached hydrogens (tertiary/aromatic N) is 2. The summed E-state index contributed by atoms with van der Waals surface area (Å²) in [5.74, 6) is 0. The van der Waals surface area contributed by atoms with Crippen molar-refractivity contribution < 1.29 is 0 Å². The molecular weight excluding hydrogens is 687 g/mol. The summed E-state index contributed by atoms with van der Waals surface area (Å²) < 4.78 is 0. The van der Waals surface area contributed by atoms with E-state index >= 15 is 0 Å². The molecular formula is C54H37BN2. The SMILES string of the molecule is c1ccc(-c2cccc(N3c4cc(-c5ccccc5)ccc4B4c5c(-c6ccccc6)cccc5N(c5ccccc5-c5ccccc5)c5cccc3c54)c2)cc1. The molecule has 0 saturated carbocycles. The van der Waals surface area contributed by atoms with E-state index in [9.17, 15) is 0 Å². The maximum absolute atomic E-state index is 2.53. The molecule has 3 heteroatoms. The molecule has 0 aromatic heterocycles. The highest BCUT2D eigenvalue weighted by Gasteiger charge is 2.44. The third-order valence-electron chi connectivity index (χ3n) is 11.7. The van der Waals surface area contributed by atoms with Crippen LogP contribution in [-0.2, 0) is 0 Å². The van der Waals surface area contributed by atoms with Gasteiger partial charge in [0.05, 0.1) is 5.69 Å². The van der Waals surface area contributed by atoms with Crippen LogP contribution in [0, 0.1) is 0 Å². The van der Waals surface area contributed by atoms with Crippen LogP contribution >= 0.6 is 0 Å². The van der Waals surface area contributed by atoms with Crippen LogP contribution in [0.1, 0.15) is 0 Å². The second-order valence-electron chi connectivity index (χ2n) is 14.9. The summed E-state index contributed by atoms with van der Waals surface area (Å²) in [5, 5.41) is 0. The average Bonchev–Trinajstić information content (AvgIpc) is 3.30. The third kappa shape index (κ3) is 5.51. The molecule has 9 aromatic rings. The molecule has 266 valence electrons. The van der Waals surface area contributed by atoms with E-state index < -0.39 is 0 Å². The van der Waals surface area contributed by atoms with Crippen molar-refractivity contribution in [3.05, 3.63) is 224 Å². The molecule has 11 rings (SSSR count). The van der Waals surface area contributed by atoms with Gasteiger partial charge in [0.2, 0.25) is 0 Å². The Morgan fingerprint density at radius 2 is 0.719 bits per heavy atom. The van der Waals surface area contributed by atoms with E-state index in [0.717, 1.165) is 11.4 Å². The first kappa shape index (κ1) is 33.0. The Bertz CT molecular complexity index is 2910. The second kappa shape index (κ2) is 13.7. The predicted octanol–water partition coefficient (Wildman–Crippen LogP) is 12.4. The van der Waals surface area contributed by atoms with Crippen molar-refractivity contribution in [1.82, 2.24) is 0 Å². The number of hydrogen-bond acceptors (Lipinski definition) is 2. The van der Waals surface area contributed by atoms with Crippen LogP contribution in [0.25, 0.3) is 44.5 Å². The number of benzene rings is 9. The van der Waals surface area contributed by atoms with Gasteiger partial charge in [-0.3, -0.25) is 0 Å². The fraction of sp³-hybridized carbons (Fsp3) is 0. The summed E-state index contributed by atoms with van der Waals surface area (Å²) in [5.41, 5.74) is 20.6. The zero-order valence-corrected chi connectivity index (χ0v) is 31.3. The lowest BCUT2D eigenvalue weighted by Gasteiger charge is -2.45. The van der Waals surface area contributed by atoms with Crippen LogP contribution < -0.4 is 26.2 Å². The van der Waals surface area contributed by atoms with Gasteiger partial charge < -0.3 is 9.80 Å². The largest absolute Gasteiger partial charge is 0.311 e. The number of hydrogen-bond donors (Lipinski definition) is 0. The normalized spacial score (nSPS) is 12.5. The van der Waals surface area contributed by atoms with E-state index in [-0.39, 0.29) is 6.71 Å². The van der Waals surface area contributed by atoms with E-state index in [0.29, 0.717) is 0 Å². The van der Waals surface area contributed by atoms with Crippen molar-refractivity contribution in [2.45, 2.75) is 0 Å². The van der Waals surface area contributed by atoms with E-state index in [4.69, 9.17) is 0 Å². The molecule has 0 unspecified atom stereocenters. The van der Waals surface area contributed by atoms with Gasteiger partial charge in [0.25, 0.3) is 6.71 Å². The highest BCUT2D eigenvalue weighted by molar-refractivity contribution is 7.01. The molecule has 9 aromatic carbocycles. The zero-order valence-electron chi connectivity index (χ0n) is 31.3. The molecule has 0 radical (unpaired) electrons. The number of fused-ring (bicyclic) bond motifs is 4. The van der Waals surface area contributed by atoms with Gasteiger partial charge >= 0.3 is 0 Å². The Balaban J connectivity index is 1.23. The van der Waals surface area contributed by atoms with E-state index in [1.54, 1.807) is 0 Å². The summed E-state index contributed by atoms with van der Waals surface area (Å²) in [6, 6.07) is 82.0. The maximum atomic E-state index is 2.53. The van der Waals surface area contributed by atoms with Gasteiger partial charge in [-0.2, -0.15) is 0 Å². The Hall–Kier alpha value is -7.36. The minimum atomic E-state index is -0.0175. The summed E-state index contributed by atoms with van der Waals surface area (Å²) >= 11 is 0. The Morgan fingerprint density at radius 3 is 1.39 bits per heavy atom. The zero-order chi connectivity index (χ0) is 37.7. The third-order valence-corrected chi connectivity index (χ3v) is 11.7. The van der Waals surface area contributed by atoms with Crippen LogP contribution in [0.3, 0.4) is 0 Å². The molecule has 2 nitrogen and oxygen atoms in total. The smallest absolute Gasteiger partial charge is 0.252 e. The van der Waals surface area contributed by atoms with Gasteiger partial charge in [0.15, 0.2) is 0 Å². The van der Waals surface area contributed by atoms with Crippen molar-refractivity contribution in [3.63, 3.8) is 0 Å². The summed E-state index contributed by atoms with van der Waals surface area (Å²) in [6.45, 7) is -0.0175. The topological polar surface area (TPSA) is 6.48 Å². The Labute approximate surface area is 334 Å². The summed E-state index contributed by atoms with van der Waals surface area (Å²) in [7, 11) is 0. The average molecular weight is 725 g/mol. The van der Waals surface area contributed by atoms with E-state index in [2.05, 4.69) is 234 Å². The minimum absolute atomic E-state index is 0.0175. The van der Waals surface area contributed by atoms with Gasteiger partial charge in [0.1, 0.15) is 0 Å². The molecule has 2 aliphatic rings. The standard InChI is InChI=1S/C54H37BN2/c1-5-18-38(19-6-1)42-26-15-27-44(36-42)56-50-32-17-33-51-54(50)55(47-35-34-43(37-52(47)56)39-20-7-2-8-21-39)53-46(41-24-11-4-12-25-41)29-16-31-49(53)57(51)48-30-14-13-28-45(48)40-22-9-3-10-23-40/h1-37H. The molecule has 0 amide bonds. The van der Waals surface area contributed by atoms with Crippen LogP contribution in [0.2, 0.25) is 0 Å². The quantitative estimate of drug-likeness (QED) is 0.158.